The van der Waals surface area contributed by atoms with Crippen molar-refractivity contribution in [1.82, 2.24) is 0 Å². The highest BCUT2D eigenvalue weighted by atomic mass is 32.2. The SMILES string of the molecule is Cc1occc1Sc1cccc(N)c1[N+](=O)[O-]. The molecule has 0 aliphatic rings. The van der Waals surface area contributed by atoms with Crippen LogP contribution in [-0.4, -0.2) is 4.92 Å². The number of anilines is 1. The van der Waals surface area contributed by atoms with Gasteiger partial charge < -0.3 is 10.2 Å². The maximum atomic E-state index is 10.9. The van der Waals surface area contributed by atoms with E-state index in [4.69, 9.17) is 10.2 Å². The second-order valence-electron chi connectivity index (χ2n) is 3.39. The van der Waals surface area contributed by atoms with Gasteiger partial charge in [0, 0.05) is 0 Å². The lowest BCUT2D eigenvalue weighted by molar-refractivity contribution is -0.386. The molecule has 0 radical (unpaired) electrons. The molecular formula is C11H10N2O3S. The Morgan fingerprint density at radius 2 is 2.12 bits per heavy atom. The van der Waals surface area contributed by atoms with E-state index in [9.17, 15) is 10.1 Å². The Bertz CT molecular complexity index is 566. The van der Waals surface area contributed by atoms with Crippen LogP contribution in [0.25, 0.3) is 0 Å². The number of nitro groups is 1. The molecule has 5 nitrogen and oxygen atoms in total. The van der Waals surface area contributed by atoms with Crippen molar-refractivity contribution in [3.63, 3.8) is 0 Å². The number of hydrogen-bond acceptors (Lipinski definition) is 5. The third-order valence-electron chi connectivity index (χ3n) is 2.24. The molecule has 0 spiro atoms. The molecule has 0 aliphatic carbocycles. The molecule has 0 saturated heterocycles. The van der Waals surface area contributed by atoms with Gasteiger partial charge in [0.2, 0.25) is 0 Å². The van der Waals surface area contributed by atoms with Crippen LogP contribution in [0.4, 0.5) is 11.4 Å². The molecule has 1 aromatic heterocycles. The van der Waals surface area contributed by atoms with Crippen LogP contribution in [0.1, 0.15) is 5.76 Å². The fraction of sp³-hybridized carbons (Fsp3) is 0.0909. The Kier molecular flexibility index (Phi) is 3.06. The summed E-state index contributed by atoms with van der Waals surface area (Å²) in [5.41, 5.74) is 5.72. The van der Waals surface area contributed by atoms with E-state index in [0.717, 1.165) is 10.7 Å². The Hall–Kier alpha value is -1.95. The van der Waals surface area contributed by atoms with Crippen LogP contribution < -0.4 is 5.73 Å². The summed E-state index contributed by atoms with van der Waals surface area (Å²) in [5, 5.41) is 10.9. The number of para-hydroxylation sites is 1. The Morgan fingerprint density at radius 3 is 2.71 bits per heavy atom. The molecule has 1 heterocycles. The lowest BCUT2D eigenvalue weighted by Crippen LogP contribution is -1.97. The molecule has 0 atom stereocenters. The molecule has 17 heavy (non-hydrogen) atoms. The van der Waals surface area contributed by atoms with Gasteiger partial charge in [-0.15, -0.1) is 0 Å². The number of benzene rings is 1. The van der Waals surface area contributed by atoms with Gasteiger partial charge in [-0.2, -0.15) is 0 Å². The summed E-state index contributed by atoms with van der Waals surface area (Å²) in [7, 11) is 0. The first-order valence-corrected chi connectivity index (χ1v) is 5.66. The molecule has 2 rings (SSSR count). The summed E-state index contributed by atoms with van der Waals surface area (Å²) >= 11 is 1.27. The summed E-state index contributed by atoms with van der Waals surface area (Å²) in [6.45, 7) is 1.81. The Morgan fingerprint density at radius 1 is 1.35 bits per heavy atom. The first kappa shape index (κ1) is 11.5. The summed E-state index contributed by atoms with van der Waals surface area (Å²) < 4.78 is 5.15. The van der Waals surface area contributed by atoms with Crippen molar-refractivity contribution in [2.24, 2.45) is 0 Å². The second-order valence-corrected chi connectivity index (χ2v) is 4.48. The molecular weight excluding hydrogens is 240 g/mol. The van der Waals surface area contributed by atoms with Gasteiger partial charge in [-0.3, -0.25) is 10.1 Å². The standard InChI is InChI=1S/C11H10N2O3S/c1-7-9(5-6-16-7)17-10-4-2-3-8(12)11(10)13(14)15/h2-6H,12H2,1H3. The summed E-state index contributed by atoms with van der Waals surface area (Å²) in [4.78, 5) is 11.8. The minimum atomic E-state index is -0.465. The molecule has 0 saturated carbocycles. The molecule has 0 unspecified atom stereocenters. The number of nitrogens with two attached hydrogens (primary N) is 1. The van der Waals surface area contributed by atoms with Crippen LogP contribution in [0.2, 0.25) is 0 Å². The highest BCUT2D eigenvalue weighted by molar-refractivity contribution is 7.99. The summed E-state index contributed by atoms with van der Waals surface area (Å²) in [6, 6.07) is 6.66. The molecule has 88 valence electrons. The van der Waals surface area contributed by atoms with Gasteiger partial charge in [0.25, 0.3) is 0 Å². The van der Waals surface area contributed by atoms with Crippen molar-refractivity contribution in [3.05, 3.63) is 46.4 Å². The molecule has 0 bridgehead atoms. The Balaban J connectivity index is 2.43. The first-order chi connectivity index (χ1) is 8.09. The van der Waals surface area contributed by atoms with E-state index in [1.165, 1.54) is 17.8 Å². The molecule has 2 aromatic rings. The maximum Gasteiger partial charge on any atom is 0.305 e. The van der Waals surface area contributed by atoms with E-state index >= 15 is 0 Å². The number of furan rings is 1. The van der Waals surface area contributed by atoms with Crippen molar-refractivity contribution in [3.8, 4) is 0 Å². The molecule has 0 amide bonds. The van der Waals surface area contributed by atoms with Gasteiger partial charge in [-0.1, -0.05) is 17.8 Å². The van der Waals surface area contributed by atoms with Crippen LogP contribution in [0.3, 0.4) is 0 Å². The van der Waals surface area contributed by atoms with Gasteiger partial charge >= 0.3 is 5.69 Å². The largest absolute Gasteiger partial charge is 0.468 e. The zero-order valence-electron chi connectivity index (χ0n) is 9.04. The zero-order chi connectivity index (χ0) is 12.4. The lowest BCUT2D eigenvalue weighted by atomic mass is 10.3. The van der Waals surface area contributed by atoms with E-state index in [1.54, 1.807) is 31.4 Å². The molecule has 2 N–H and O–H groups in total. The minimum Gasteiger partial charge on any atom is -0.468 e. The third-order valence-corrected chi connectivity index (χ3v) is 3.44. The third kappa shape index (κ3) is 2.26. The van der Waals surface area contributed by atoms with Crippen LogP contribution in [-0.2, 0) is 0 Å². The van der Waals surface area contributed by atoms with Gasteiger partial charge in [-0.05, 0) is 25.1 Å². The van der Waals surface area contributed by atoms with Crippen LogP contribution in [0.15, 0.2) is 44.7 Å². The molecule has 1 aromatic carbocycles. The number of aryl methyl sites for hydroxylation is 1. The first-order valence-electron chi connectivity index (χ1n) is 4.84. The second kappa shape index (κ2) is 4.50. The number of nitro benzene ring substituents is 1. The average Bonchev–Trinajstić information content (AvgIpc) is 2.64. The normalized spacial score (nSPS) is 10.4. The van der Waals surface area contributed by atoms with Crippen LogP contribution in [0, 0.1) is 17.0 Å². The maximum absolute atomic E-state index is 10.9. The highest BCUT2D eigenvalue weighted by Gasteiger charge is 2.19. The van der Waals surface area contributed by atoms with E-state index < -0.39 is 4.92 Å². The summed E-state index contributed by atoms with van der Waals surface area (Å²) in [5.74, 6) is 0.728. The van der Waals surface area contributed by atoms with Crippen molar-refractivity contribution >= 4 is 23.1 Å². The van der Waals surface area contributed by atoms with Crippen molar-refractivity contribution in [2.75, 3.05) is 5.73 Å². The van der Waals surface area contributed by atoms with Crippen molar-refractivity contribution in [1.29, 1.82) is 0 Å². The number of hydrogen-bond donors (Lipinski definition) is 1. The smallest absolute Gasteiger partial charge is 0.305 e. The number of nitrogens with zero attached hydrogens (tertiary/aromatic N) is 1. The fourth-order valence-corrected chi connectivity index (χ4v) is 2.40. The van der Waals surface area contributed by atoms with Gasteiger partial charge in [0.05, 0.1) is 21.0 Å². The average molecular weight is 250 g/mol. The topological polar surface area (TPSA) is 82.3 Å². The van der Waals surface area contributed by atoms with E-state index in [2.05, 4.69) is 0 Å². The number of nitrogen functional groups attached to an aromatic ring is 1. The summed E-state index contributed by atoms with van der Waals surface area (Å²) in [6.07, 6.45) is 1.55. The predicted molar refractivity (Wildman–Crippen MR) is 65.1 cm³/mol. The molecule has 6 heteroatoms. The lowest BCUT2D eigenvalue weighted by Gasteiger charge is -2.03. The fourth-order valence-electron chi connectivity index (χ4n) is 1.41. The number of rotatable bonds is 3. The van der Waals surface area contributed by atoms with E-state index in [1.807, 2.05) is 0 Å². The zero-order valence-corrected chi connectivity index (χ0v) is 9.86. The van der Waals surface area contributed by atoms with Gasteiger partial charge in [0.15, 0.2) is 0 Å². The highest BCUT2D eigenvalue weighted by Crippen LogP contribution is 2.39. The van der Waals surface area contributed by atoms with Gasteiger partial charge in [0.1, 0.15) is 11.4 Å². The van der Waals surface area contributed by atoms with Crippen LogP contribution in [0.5, 0.6) is 0 Å². The van der Waals surface area contributed by atoms with E-state index in [0.29, 0.717) is 4.90 Å². The van der Waals surface area contributed by atoms with Gasteiger partial charge in [-0.25, -0.2) is 0 Å². The molecule has 0 aliphatic heterocycles. The quantitative estimate of drug-likeness (QED) is 0.513. The monoisotopic (exact) mass is 250 g/mol. The molecule has 0 fully saturated rings. The van der Waals surface area contributed by atoms with E-state index in [-0.39, 0.29) is 11.4 Å². The van der Waals surface area contributed by atoms with Crippen LogP contribution >= 0.6 is 11.8 Å². The minimum absolute atomic E-state index is 0.0573. The van der Waals surface area contributed by atoms with Crippen molar-refractivity contribution in [2.45, 2.75) is 16.7 Å². The van der Waals surface area contributed by atoms with Crippen molar-refractivity contribution < 1.29 is 9.34 Å². The Labute approximate surface area is 102 Å². The predicted octanol–water partition coefficient (Wildman–Crippen LogP) is 3.23.